The van der Waals surface area contributed by atoms with Crippen LogP contribution >= 0.6 is 0 Å². The van der Waals surface area contributed by atoms with Crippen LogP contribution in [0.4, 0.5) is 0 Å². The molecule has 0 saturated heterocycles. The predicted octanol–water partition coefficient (Wildman–Crippen LogP) is 3.84. The monoisotopic (exact) mass is 223 g/mol. The maximum absolute atomic E-state index is 3.79. The number of rotatable bonds is 4. The molecule has 1 N–H and O–H groups in total. The van der Waals surface area contributed by atoms with Crippen molar-refractivity contribution in [2.75, 3.05) is 6.54 Å². The van der Waals surface area contributed by atoms with E-state index in [1.807, 2.05) is 0 Å². The van der Waals surface area contributed by atoms with Gasteiger partial charge in [-0.15, -0.1) is 0 Å². The number of hydrogen-bond donors (Lipinski definition) is 1. The number of nitrogens with one attached hydrogen (secondary N) is 1. The van der Waals surface area contributed by atoms with Crippen molar-refractivity contribution in [1.82, 2.24) is 5.32 Å². The van der Waals surface area contributed by atoms with Gasteiger partial charge in [-0.2, -0.15) is 0 Å². The molecule has 2 saturated carbocycles. The van der Waals surface area contributed by atoms with Crippen molar-refractivity contribution in [3.05, 3.63) is 0 Å². The highest BCUT2D eigenvalue weighted by Crippen LogP contribution is 2.56. The van der Waals surface area contributed by atoms with E-state index in [0.717, 1.165) is 30.3 Å². The second-order valence-electron chi connectivity index (χ2n) is 6.91. The van der Waals surface area contributed by atoms with Gasteiger partial charge in [-0.05, 0) is 49.0 Å². The van der Waals surface area contributed by atoms with Crippen LogP contribution in [0.3, 0.4) is 0 Å². The maximum Gasteiger partial charge on any atom is 0.0129 e. The Kier molecular flexibility index (Phi) is 3.63. The minimum absolute atomic E-state index is 0.619. The Bertz CT molecular complexity index is 234. The Morgan fingerprint density at radius 3 is 2.50 bits per heavy atom. The second kappa shape index (κ2) is 4.68. The van der Waals surface area contributed by atoms with Crippen molar-refractivity contribution in [2.24, 2.45) is 23.2 Å². The summed E-state index contributed by atoms with van der Waals surface area (Å²) in [5.41, 5.74) is 0.619. The molecule has 2 aliphatic carbocycles. The summed E-state index contributed by atoms with van der Waals surface area (Å²) in [5, 5.41) is 3.79. The molecule has 94 valence electrons. The van der Waals surface area contributed by atoms with Gasteiger partial charge in [-0.25, -0.2) is 0 Å². The van der Waals surface area contributed by atoms with Crippen LogP contribution in [0.25, 0.3) is 0 Å². The van der Waals surface area contributed by atoms with Gasteiger partial charge in [0.2, 0.25) is 0 Å². The summed E-state index contributed by atoms with van der Waals surface area (Å²) >= 11 is 0. The van der Waals surface area contributed by atoms with Crippen LogP contribution in [0.1, 0.15) is 59.8 Å². The highest BCUT2D eigenvalue weighted by molar-refractivity contribution is 5.04. The lowest BCUT2D eigenvalue weighted by Gasteiger charge is -2.35. The predicted molar refractivity (Wildman–Crippen MR) is 70.5 cm³/mol. The zero-order valence-corrected chi connectivity index (χ0v) is 11.6. The molecule has 2 rings (SSSR count). The van der Waals surface area contributed by atoms with E-state index in [0.29, 0.717) is 5.41 Å². The fourth-order valence-electron chi connectivity index (χ4n) is 3.80. The zero-order chi connectivity index (χ0) is 11.8. The minimum Gasteiger partial charge on any atom is -0.314 e. The second-order valence-corrected chi connectivity index (χ2v) is 6.91. The molecule has 4 atom stereocenters. The van der Waals surface area contributed by atoms with Crippen LogP contribution in [0.5, 0.6) is 0 Å². The molecule has 1 nitrogen and oxygen atoms in total. The highest BCUT2D eigenvalue weighted by atomic mass is 14.9. The molecule has 0 aliphatic heterocycles. The van der Waals surface area contributed by atoms with E-state index in [4.69, 9.17) is 0 Å². The Balaban J connectivity index is 1.96. The largest absolute Gasteiger partial charge is 0.314 e. The van der Waals surface area contributed by atoms with Crippen molar-refractivity contribution >= 4 is 0 Å². The van der Waals surface area contributed by atoms with Crippen LogP contribution in [-0.4, -0.2) is 12.6 Å². The lowest BCUT2D eigenvalue weighted by atomic mass is 9.76. The molecule has 0 bridgehead atoms. The standard InChI is InChI=1S/C15H29N/c1-5-16-14(13-10-15(13,3)4)12-8-6-7-11(2)9-12/h11-14,16H,5-10H2,1-4H3. The van der Waals surface area contributed by atoms with E-state index < -0.39 is 0 Å². The van der Waals surface area contributed by atoms with E-state index in [9.17, 15) is 0 Å². The van der Waals surface area contributed by atoms with Crippen LogP contribution in [0, 0.1) is 23.2 Å². The third kappa shape index (κ3) is 2.61. The fraction of sp³-hybridized carbons (Fsp3) is 1.00. The van der Waals surface area contributed by atoms with Gasteiger partial charge in [0.1, 0.15) is 0 Å². The fourth-order valence-corrected chi connectivity index (χ4v) is 3.80. The van der Waals surface area contributed by atoms with E-state index in [-0.39, 0.29) is 0 Å². The molecule has 1 heteroatoms. The topological polar surface area (TPSA) is 12.0 Å². The molecule has 0 aromatic carbocycles. The first-order chi connectivity index (χ1) is 7.54. The van der Waals surface area contributed by atoms with Crippen LogP contribution < -0.4 is 5.32 Å². The quantitative estimate of drug-likeness (QED) is 0.763. The average molecular weight is 223 g/mol. The molecule has 2 fully saturated rings. The van der Waals surface area contributed by atoms with Gasteiger partial charge in [0.15, 0.2) is 0 Å². The molecule has 4 unspecified atom stereocenters. The van der Waals surface area contributed by atoms with E-state index >= 15 is 0 Å². The molecule has 2 aliphatic rings. The molecule has 0 radical (unpaired) electrons. The van der Waals surface area contributed by atoms with Gasteiger partial charge in [-0.3, -0.25) is 0 Å². The Morgan fingerprint density at radius 2 is 2.00 bits per heavy atom. The summed E-state index contributed by atoms with van der Waals surface area (Å²) in [6, 6.07) is 0.808. The molecular formula is C15H29N. The van der Waals surface area contributed by atoms with Gasteiger partial charge in [0.25, 0.3) is 0 Å². The third-order valence-corrected chi connectivity index (χ3v) is 4.95. The Hall–Kier alpha value is -0.0400. The van der Waals surface area contributed by atoms with Gasteiger partial charge in [0, 0.05) is 6.04 Å². The summed E-state index contributed by atoms with van der Waals surface area (Å²) < 4.78 is 0. The van der Waals surface area contributed by atoms with Crippen LogP contribution in [0.2, 0.25) is 0 Å². The van der Waals surface area contributed by atoms with E-state index in [1.54, 1.807) is 0 Å². The lowest BCUT2D eigenvalue weighted by molar-refractivity contribution is 0.198. The van der Waals surface area contributed by atoms with Crippen molar-refractivity contribution in [3.8, 4) is 0 Å². The lowest BCUT2D eigenvalue weighted by Crippen LogP contribution is -2.41. The Labute approximate surface area is 101 Å². The SMILES string of the molecule is CCNC(C1CCCC(C)C1)C1CC1(C)C. The molecule has 0 amide bonds. The van der Waals surface area contributed by atoms with Gasteiger partial charge in [0.05, 0.1) is 0 Å². The number of hydrogen-bond acceptors (Lipinski definition) is 1. The molecule has 0 aromatic heterocycles. The first-order valence-electron chi connectivity index (χ1n) is 7.28. The highest BCUT2D eigenvalue weighted by Gasteiger charge is 2.51. The molecular weight excluding hydrogens is 194 g/mol. The maximum atomic E-state index is 3.79. The van der Waals surface area contributed by atoms with Crippen molar-refractivity contribution in [1.29, 1.82) is 0 Å². The summed E-state index contributed by atoms with van der Waals surface area (Å²) in [4.78, 5) is 0. The Morgan fingerprint density at radius 1 is 1.31 bits per heavy atom. The first kappa shape index (κ1) is 12.4. The van der Waals surface area contributed by atoms with Gasteiger partial charge >= 0.3 is 0 Å². The molecule has 0 aromatic rings. The van der Waals surface area contributed by atoms with Crippen LogP contribution in [0.15, 0.2) is 0 Å². The summed E-state index contributed by atoms with van der Waals surface area (Å²) in [6.07, 6.45) is 7.29. The summed E-state index contributed by atoms with van der Waals surface area (Å²) in [6.45, 7) is 10.7. The average Bonchev–Trinajstić information content (AvgIpc) is 2.84. The van der Waals surface area contributed by atoms with Crippen molar-refractivity contribution < 1.29 is 0 Å². The normalized spacial score (nSPS) is 39.4. The van der Waals surface area contributed by atoms with Gasteiger partial charge in [-0.1, -0.05) is 40.5 Å². The summed E-state index contributed by atoms with van der Waals surface area (Å²) in [7, 11) is 0. The van der Waals surface area contributed by atoms with E-state index in [1.165, 1.54) is 32.1 Å². The minimum atomic E-state index is 0.619. The van der Waals surface area contributed by atoms with Gasteiger partial charge < -0.3 is 5.32 Å². The zero-order valence-electron chi connectivity index (χ0n) is 11.6. The molecule has 0 heterocycles. The summed E-state index contributed by atoms with van der Waals surface area (Å²) in [5.74, 6) is 2.86. The van der Waals surface area contributed by atoms with E-state index in [2.05, 4.69) is 33.0 Å². The third-order valence-electron chi connectivity index (χ3n) is 4.95. The van der Waals surface area contributed by atoms with Crippen molar-refractivity contribution in [3.63, 3.8) is 0 Å². The molecule has 16 heavy (non-hydrogen) atoms. The molecule has 0 spiro atoms. The smallest absolute Gasteiger partial charge is 0.0129 e. The van der Waals surface area contributed by atoms with Crippen molar-refractivity contribution in [2.45, 2.75) is 65.8 Å². The van der Waals surface area contributed by atoms with Crippen LogP contribution in [-0.2, 0) is 0 Å². The first-order valence-corrected chi connectivity index (χ1v) is 7.28.